The first-order valence-corrected chi connectivity index (χ1v) is 9.42. The fourth-order valence-corrected chi connectivity index (χ4v) is 3.01. The van der Waals surface area contributed by atoms with Crippen LogP contribution in [0.2, 0.25) is 0 Å². The minimum atomic E-state index is 0.525. The van der Waals surface area contributed by atoms with Crippen LogP contribution in [0.15, 0.2) is 52.5 Å². The molecule has 0 bridgehead atoms. The van der Waals surface area contributed by atoms with Gasteiger partial charge in [0.25, 0.3) is 0 Å². The van der Waals surface area contributed by atoms with Crippen molar-refractivity contribution in [2.75, 3.05) is 26.2 Å². The summed E-state index contributed by atoms with van der Waals surface area (Å²) in [6.45, 7) is 12.2. The molecule has 4 nitrogen and oxygen atoms in total. The molecule has 0 amide bonds. The Morgan fingerprint density at radius 2 is 2.04 bits per heavy atom. The van der Waals surface area contributed by atoms with Crippen molar-refractivity contribution in [2.45, 2.75) is 40.7 Å². The number of ether oxygens (including phenoxy) is 1. The molecule has 1 aliphatic rings. The predicted octanol–water partition coefficient (Wildman–Crippen LogP) is 4.73. The Kier molecular flexibility index (Phi) is 8.29. The van der Waals surface area contributed by atoms with Gasteiger partial charge >= 0.3 is 6.02 Å². The van der Waals surface area contributed by atoms with Gasteiger partial charge in [-0.2, -0.15) is 0 Å². The van der Waals surface area contributed by atoms with Gasteiger partial charge in [-0.15, -0.1) is 0 Å². The number of hydrogen-bond acceptors (Lipinski definition) is 4. The lowest BCUT2D eigenvalue weighted by Crippen LogP contribution is -2.29. The van der Waals surface area contributed by atoms with Crippen LogP contribution in [-0.2, 0) is 11.3 Å². The average Bonchev–Trinajstić information content (AvgIpc) is 2.72. The van der Waals surface area contributed by atoms with Gasteiger partial charge in [0.2, 0.25) is 0 Å². The van der Waals surface area contributed by atoms with Crippen molar-refractivity contribution < 1.29 is 4.74 Å². The average molecular weight is 354 g/mol. The number of hydrogen-bond donors (Lipinski definition) is 0. The zero-order valence-corrected chi connectivity index (χ0v) is 16.5. The lowest BCUT2D eigenvalue weighted by molar-refractivity contribution is 0.199. The summed E-state index contributed by atoms with van der Waals surface area (Å²) in [5, 5.41) is 0. The SMILES string of the molecule is CC=CC(=CC)c1ccccc1CN1CCCN=C(N=C(C)C)OCC1. The highest BCUT2D eigenvalue weighted by Crippen LogP contribution is 2.22. The summed E-state index contributed by atoms with van der Waals surface area (Å²) in [7, 11) is 0. The van der Waals surface area contributed by atoms with Crippen molar-refractivity contribution in [3.8, 4) is 0 Å². The van der Waals surface area contributed by atoms with Gasteiger partial charge in [0.15, 0.2) is 0 Å². The van der Waals surface area contributed by atoms with Gasteiger partial charge in [0, 0.05) is 31.9 Å². The zero-order valence-electron chi connectivity index (χ0n) is 16.5. The second-order valence-electron chi connectivity index (χ2n) is 6.60. The maximum absolute atomic E-state index is 5.78. The summed E-state index contributed by atoms with van der Waals surface area (Å²) in [5.74, 6) is 0. The van der Waals surface area contributed by atoms with Crippen LogP contribution in [0.4, 0.5) is 0 Å². The van der Waals surface area contributed by atoms with Crippen molar-refractivity contribution in [1.29, 1.82) is 0 Å². The van der Waals surface area contributed by atoms with Crippen molar-refractivity contribution in [3.05, 3.63) is 53.6 Å². The molecule has 1 aromatic carbocycles. The topological polar surface area (TPSA) is 37.2 Å². The molecule has 0 aliphatic carbocycles. The van der Waals surface area contributed by atoms with E-state index in [2.05, 4.69) is 71.2 Å². The molecule has 2 rings (SSSR count). The Labute approximate surface area is 158 Å². The number of benzene rings is 1. The standard InChI is InChI=1S/C22H31N3O/c1-5-10-19(6-2)21-12-8-7-11-20(21)17-25-14-9-13-23-22(24-18(3)4)26-16-15-25/h5-8,10-12H,9,13-17H2,1-4H3. The number of allylic oxidation sites excluding steroid dienone is 4. The largest absolute Gasteiger partial charge is 0.462 e. The molecule has 1 heterocycles. The Hall–Kier alpha value is -2.20. The van der Waals surface area contributed by atoms with E-state index in [9.17, 15) is 0 Å². The molecule has 0 radical (unpaired) electrons. The maximum Gasteiger partial charge on any atom is 0.311 e. The Morgan fingerprint density at radius 1 is 1.23 bits per heavy atom. The third-order valence-corrected chi connectivity index (χ3v) is 4.22. The van der Waals surface area contributed by atoms with E-state index < -0.39 is 0 Å². The molecule has 1 aromatic rings. The van der Waals surface area contributed by atoms with Crippen LogP contribution in [-0.4, -0.2) is 42.9 Å². The summed E-state index contributed by atoms with van der Waals surface area (Å²) in [4.78, 5) is 11.3. The lowest BCUT2D eigenvalue weighted by Gasteiger charge is -2.23. The van der Waals surface area contributed by atoms with E-state index in [1.807, 2.05) is 13.8 Å². The first-order chi connectivity index (χ1) is 12.6. The van der Waals surface area contributed by atoms with E-state index >= 15 is 0 Å². The molecule has 0 fully saturated rings. The zero-order chi connectivity index (χ0) is 18.8. The molecule has 0 aromatic heterocycles. The lowest BCUT2D eigenvalue weighted by atomic mass is 9.98. The van der Waals surface area contributed by atoms with Crippen molar-refractivity contribution >= 4 is 17.3 Å². The summed E-state index contributed by atoms with van der Waals surface area (Å²) in [5.41, 5.74) is 4.89. The Balaban J connectivity index is 2.09. The van der Waals surface area contributed by atoms with Crippen LogP contribution >= 0.6 is 0 Å². The summed E-state index contributed by atoms with van der Waals surface area (Å²) < 4.78 is 5.78. The highest BCUT2D eigenvalue weighted by atomic mass is 16.5. The van der Waals surface area contributed by atoms with Gasteiger partial charge in [0.05, 0.1) is 0 Å². The van der Waals surface area contributed by atoms with Crippen LogP contribution < -0.4 is 0 Å². The highest BCUT2D eigenvalue weighted by molar-refractivity contribution is 5.92. The molecule has 0 unspecified atom stereocenters. The first-order valence-electron chi connectivity index (χ1n) is 9.42. The molecule has 4 heteroatoms. The van der Waals surface area contributed by atoms with Gasteiger partial charge in [-0.1, -0.05) is 42.5 Å². The van der Waals surface area contributed by atoms with Crippen LogP contribution in [0.5, 0.6) is 0 Å². The molecule has 1 aliphatic heterocycles. The summed E-state index contributed by atoms with van der Waals surface area (Å²) in [6.07, 6.45) is 7.45. The fourth-order valence-electron chi connectivity index (χ4n) is 3.01. The van der Waals surface area contributed by atoms with Gasteiger partial charge in [0.1, 0.15) is 6.61 Å². The minimum Gasteiger partial charge on any atom is -0.462 e. The number of rotatable bonds is 4. The Morgan fingerprint density at radius 3 is 2.77 bits per heavy atom. The number of aliphatic imine (C=N–C) groups is 2. The minimum absolute atomic E-state index is 0.525. The normalized spacial score (nSPS) is 17.1. The quantitative estimate of drug-likeness (QED) is 0.580. The van der Waals surface area contributed by atoms with E-state index in [4.69, 9.17) is 4.74 Å². The van der Waals surface area contributed by atoms with Crippen molar-refractivity contribution in [1.82, 2.24) is 4.90 Å². The molecule has 0 atom stereocenters. The Bertz CT molecular complexity index is 697. The van der Waals surface area contributed by atoms with Gasteiger partial charge in [-0.25, -0.2) is 9.98 Å². The van der Waals surface area contributed by atoms with Crippen LogP contribution in [0, 0.1) is 0 Å². The van der Waals surface area contributed by atoms with Crippen LogP contribution in [0.25, 0.3) is 5.57 Å². The molecule has 0 saturated heterocycles. The van der Waals surface area contributed by atoms with E-state index in [-0.39, 0.29) is 0 Å². The fraction of sp³-hybridized carbons (Fsp3) is 0.455. The second-order valence-corrected chi connectivity index (χ2v) is 6.60. The smallest absolute Gasteiger partial charge is 0.311 e. The number of nitrogens with zero attached hydrogens (tertiary/aromatic N) is 3. The summed E-state index contributed by atoms with van der Waals surface area (Å²) in [6, 6.07) is 9.18. The monoisotopic (exact) mass is 353 g/mol. The van der Waals surface area contributed by atoms with Crippen molar-refractivity contribution in [2.24, 2.45) is 9.98 Å². The molecule has 0 N–H and O–H groups in total. The van der Waals surface area contributed by atoms with Gasteiger partial charge in [-0.3, -0.25) is 4.90 Å². The molecular weight excluding hydrogens is 322 g/mol. The number of amidine groups is 1. The third-order valence-electron chi connectivity index (χ3n) is 4.22. The molecule has 0 saturated carbocycles. The second kappa shape index (κ2) is 10.7. The van der Waals surface area contributed by atoms with E-state index in [0.29, 0.717) is 12.6 Å². The van der Waals surface area contributed by atoms with Crippen LogP contribution in [0.3, 0.4) is 0 Å². The first kappa shape index (κ1) is 20.1. The van der Waals surface area contributed by atoms with Gasteiger partial charge in [-0.05, 0) is 50.8 Å². The summed E-state index contributed by atoms with van der Waals surface area (Å²) >= 11 is 0. The van der Waals surface area contributed by atoms with Crippen LogP contribution in [0.1, 0.15) is 45.2 Å². The van der Waals surface area contributed by atoms with E-state index in [1.165, 1.54) is 16.7 Å². The van der Waals surface area contributed by atoms with E-state index in [0.717, 1.165) is 38.3 Å². The third kappa shape index (κ3) is 6.26. The molecule has 140 valence electrons. The maximum atomic E-state index is 5.78. The molecule has 26 heavy (non-hydrogen) atoms. The highest BCUT2D eigenvalue weighted by Gasteiger charge is 2.12. The molecular formula is C22H31N3O. The van der Waals surface area contributed by atoms with Crippen molar-refractivity contribution in [3.63, 3.8) is 0 Å². The molecule has 0 spiro atoms. The van der Waals surface area contributed by atoms with E-state index in [1.54, 1.807) is 0 Å². The predicted molar refractivity (Wildman–Crippen MR) is 112 cm³/mol. The van der Waals surface area contributed by atoms with Gasteiger partial charge < -0.3 is 4.74 Å².